The van der Waals surface area contributed by atoms with Crippen molar-refractivity contribution in [3.05, 3.63) is 120 Å². The fourth-order valence-corrected chi connectivity index (χ4v) is 7.01. The summed E-state index contributed by atoms with van der Waals surface area (Å²) in [5.74, 6) is -0.380. The minimum atomic E-state index is -1.59. The van der Waals surface area contributed by atoms with Gasteiger partial charge in [0.1, 0.15) is 22.6 Å². The number of carbonyl (C=O) groups excluding carboxylic acids is 2. The molecule has 0 aliphatic carbocycles. The normalized spacial score (nSPS) is 13.9. The lowest BCUT2D eigenvalue weighted by atomic mass is 10.1. The highest BCUT2D eigenvalue weighted by Gasteiger charge is 2.30. The fourth-order valence-electron chi connectivity index (χ4n) is 5.76. The maximum absolute atomic E-state index is 14.5. The molecule has 1 aliphatic heterocycles. The Morgan fingerprint density at radius 3 is 2.48 bits per heavy atom. The van der Waals surface area contributed by atoms with Crippen LogP contribution in [0.15, 0.2) is 107 Å². The zero-order valence-corrected chi connectivity index (χ0v) is 26.7. The molecule has 3 heterocycles. The van der Waals surface area contributed by atoms with Crippen molar-refractivity contribution in [3.8, 4) is 0 Å². The zero-order valence-electron chi connectivity index (χ0n) is 25.9. The van der Waals surface area contributed by atoms with Gasteiger partial charge in [-0.05, 0) is 62.2 Å². The number of hydrogen-bond donors (Lipinski definition) is 0. The number of benzene rings is 3. The van der Waals surface area contributed by atoms with Gasteiger partial charge >= 0.3 is 5.97 Å². The first kappa shape index (κ1) is 31.2. The van der Waals surface area contributed by atoms with Gasteiger partial charge in [0, 0.05) is 55.6 Å². The number of nitrogens with zero attached hydrogens (tertiary/aromatic N) is 4. The minimum absolute atomic E-state index is 0.0253. The van der Waals surface area contributed by atoms with Crippen LogP contribution in [-0.2, 0) is 22.5 Å². The summed E-state index contributed by atoms with van der Waals surface area (Å²) in [5.41, 5.74) is 4.73. The van der Waals surface area contributed by atoms with E-state index >= 15 is 0 Å². The quantitative estimate of drug-likeness (QED) is 0.135. The van der Waals surface area contributed by atoms with Crippen LogP contribution in [0, 0.1) is 6.92 Å². The maximum atomic E-state index is 14.5. The Balaban J connectivity index is 1.29. The number of anilines is 2. The summed E-state index contributed by atoms with van der Waals surface area (Å²) in [4.78, 5) is 34.3. The molecular weight excluding hydrogens is 600 g/mol. The van der Waals surface area contributed by atoms with Gasteiger partial charge in [-0.2, -0.15) is 4.31 Å². The number of hydrogen-bond acceptors (Lipinski definition) is 8. The van der Waals surface area contributed by atoms with E-state index in [-0.39, 0.29) is 18.3 Å². The smallest absolute Gasteiger partial charge is 0.374 e. The van der Waals surface area contributed by atoms with E-state index in [1.165, 1.54) is 0 Å². The summed E-state index contributed by atoms with van der Waals surface area (Å²) in [6.45, 7) is 6.72. The lowest BCUT2D eigenvalue weighted by molar-refractivity contribution is 0.0491. The van der Waals surface area contributed by atoms with Crippen molar-refractivity contribution in [1.82, 2.24) is 9.88 Å². The van der Waals surface area contributed by atoms with Crippen LogP contribution in [0.4, 0.5) is 11.4 Å². The molecule has 46 heavy (non-hydrogen) atoms. The predicted molar refractivity (Wildman–Crippen MR) is 180 cm³/mol. The van der Waals surface area contributed by atoms with Gasteiger partial charge in [0.15, 0.2) is 4.90 Å². The summed E-state index contributed by atoms with van der Waals surface area (Å²) in [6.07, 6.45) is 3.95. The van der Waals surface area contributed by atoms with E-state index in [1.807, 2.05) is 58.6 Å². The second-order valence-electron chi connectivity index (χ2n) is 11.0. The average Bonchev–Trinajstić information content (AvgIpc) is 3.44. The minimum Gasteiger partial charge on any atom is -0.588 e. The van der Waals surface area contributed by atoms with Gasteiger partial charge < -0.3 is 23.5 Å². The molecule has 1 saturated heterocycles. The summed E-state index contributed by atoms with van der Waals surface area (Å²) in [6, 6.07) is 27.1. The van der Waals surface area contributed by atoms with Gasteiger partial charge in [0.05, 0.1) is 24.4 Å². The van der Waals surface area contributed by atoms with Gasteiger partial charge in [0.25, 0.3) is 5.91 Å². The number of piperazine rings is 1. The Morgan fingerprint density at radius 1 is 0.978 bits per heavy atom. The van der Waals surface area contributed by atoms with Crippen molar-refractivity contribution in [2.45, 2.75) is 25.2 Å². The second-order valence-corrected chi connectivity index (χ2v) is 12.4. The molecule has 0 bridgehead atoms. The number of pyridine rings is 1. The number of rotatable bonds is 10. The van der Waals surface area contributed by atoms with Gasteiger partial charge in [-0.1, -0.05) is 42.5 Å². The zero-order chi connectivity index (χ0) is 32.0. The number of fused-ring (bicyclic) bond motifs is 1. The topological polar surface area (TPSA) is 102 Å². The molecule has 5 aromatic rings. The molecule has 236 valence electrons. The maximum Gasteiger partial charge on any atom is 0.374 e. The molecule has 1 fully saturated rings. The molecule has 1 unspecified atom stereocenters. The summed E-state index contributed by atoms with van der Waals surface area (Å²) in [5, 5.41) is 0.722. The Bertz CT molecular complexity index is 1810. The number of amides is 1. The molecule has 3 aromatic carbocycles. The van der Waals surface area contributed by atoms with Crippen molar-refractivity contribution in [3.63, 3.8) is 0 Å². The monoisotopic (exact) mass is 636 g/mol. The number of aromatic nitrogens is 1. The van der Waals surface area contributed by atoms with Crippen LogP contribution in [0.5, 0.6) is 0 Å². The van der Waals surface area contributed by atoms with Crippen LogP contribution in [-0.4, -0.2) is 65.6 Å². The predicted octanol–water partition coefficient (Wildman–Crippen LogP) is 6.05. The van der Waals surface area contributed by atoms with Crippen LogP contribution >= 0.6 is 0 Å². The Labute approximate surface area is 271 Å². The Kier molecular flexibility index (Phi) is 9.56. The molecule has 0 N–H and O–H groups in total. The van der Waals surface area contributed by atoms with Crippen LogP contribution in [0.3, 0.4) is 0 Å². The molecule has 1 atom stereocenters. The third-order valence-electron chi connectivity index (χ3n) is 8.18. The number of carbonyl (C=O) groups is 2. The van der Waals surface area contributed by atoms with E-state index in [0.29, 0.717) is 60.8 Å². The molecule has 9 nitrogen and oxygen atoms in total. The van der Waals surface area contributed by atoms with Gasteiger partial charge in [-0.25, -0.2) is 4.79 Å². The highest BCUT2D eigenvalue weighted by Crippen LogP contribution is 2.36. The third kappa shape index (κ3) is 6.59. The van der Waals surface area contributed by atoms with Gasteiger partial charge in [-0.3, -0.25) is 9.78 Å². The van der Waals surface area contributed by atoms with Gasteiger partial charge in [-0.15, -0.1) is 0 Å². The molecule has 1 aliphatic rings. The van der Waals surface area contributed by atoms with Crippen LogP contribution in [0.2, 0.25) is 0 Å². The van der Waals surface area contributed by atoms with E-state index in [4.69, 9.17) is 9.15 Å². The third-order valence-corrected chi connectivity index (χ3v) is 9.62. The summed E-state index contributed by atoms with van der Waals surface area (Å²) in [7, 11) is 0. The number of ether oxygens (including phenoxy) is 1. The van der Waals surface area contributed by atoms with Crippen molar-refractivity contribution in [1.29, 1.82) is 0 Å². The highest BCUT2D eigenvalue weighted by molar-refractivity contribution is 7.92. The fraction of sp³-hybridized carbons (Fsp3) is 0.250. The number of esters is 1. The van der Waals surface area contributed by atoms with Crippen LogP contribution < -0.4 is 9.21 Å². The van der Waals surface area contributed by atoms with E-state index in [2.05, 4.69) is 28.1 Å². The summed E-state index contributed by atoms with van der Waals surface area (Å²) >= 11 is -1.59. The molecule has 10 heteroatoms. The molecule has 1 amide bonds. The first-order valence-electron chi connectivity index (χ1n) is 15.4. The molecule has 6 rings (SSSR count). The first-order valence-corrected chi connectivity index (χ1v) is 16.5. The molecule has 0 spiro atoms. The first-order chi connectivity index (χ1) is 22.4. The number of furan rings is 1. The highest BCUT2D eigenvalue weighted by atomic mass is 32.2. The van der Waals surface area contributed by atoms with E-state index < -0.39 is 17.3 Å². The lowest BCUT2D eigenvalue weighted by Crippen LogP contribution is -2.49. The van der Waals surface area contributed by atoms with Crippen molar-refractivity contribution in [2.24, 2.45) is 0 Å². The van der Waals surface area contributed by atoms with E-state index in [1.54, 1.807) is 43.6 Å². The Hall–Kier alpha value is -4.80. The van der Waals surface area contributed by atoms with Crippen molar-refractivity contribution < 1.29 is 23.3 Å². The van der Waals surface area contributed by atoms with Crippen molar-refractivity contribution >= 4 is 45.6 Å². The largest absolute Gasteiger partial charge is 0.588 e. The standard InChI is InChI=1S/C36H36N4O5S/c1-3-44-36(42)34-26(2)30-24-29(15-16-33(30)45-34)46(43)40(19-17-27-10-5-4-6-11-27)32-14-8-7-13-31(32)38-20-22-39(23-21-38)35(41)28-12-9-18-37-25-28/h4-16,18,24-25H,3,17,19-23H2,1-2H3. The van der Waals surface area contributed by atoms with Crippen molar-refractivity contribution in [2.75, 3.05) is 48.5 Å². The second kappa shape index (κ2) is 14.1. The SMILES string of the molecule is CCOC(=O)c1oc2ccc([S+]([O-])N(CCc3ccccc3)c3ccccc3N3CCN(C(=O)c4cccnc4)CC3)cc2c1C. The van der Waals surface area contributed by atoms with Crippen LogP contribution in [0.1, 0.15) is 39.0 Å². The van der Waals surface area contributed by atoms with Crippen LogP contribution in [0.25, 0.3) is 11.0 Å². The molecule has 0 radical (unpaired) electrons. The molecule has 2 aromatic heterocycles. The van der Waals surface area contributed by atoms with E-state index in [0.717, 1.165) is 22.3 Å². The molecule has 0 saturated carbocycles. The number of aryl methyl sites for hydroxylation is 1. The molecular formula is C36H36N4O5S. The lowest BCUT2D eigenvalue weighted by Gasteiger charge is -2.38. The van der Waals surface area contributed by atoms with E-state index in [9.17, 15) is 14.1 Å². The van der Waals surface area contributed by atoms with Gasteiger partial charge in [0.2, 0.25) is 5.76 Å². The average molecular weight is 637 g/mol. The number of para-hydroxylation sites is 2. The summed E-state index contributed by atoms with van der Waals surface area (Å²) < 4.78 is 27.5. The Morgan fingerprint density at radius 2 is 1.74 bits per heavy atom.